The Morgan fingerprint density at radius 1 is 1.30 bits per heavy atom. The fraction of sp³-hybridized carbons (Fsp3) is 0.529. The van der Waals surface area contributed by atoms with E-state index >= 15 is 0 Å². The molecular formula is C17H22N2O7S. The van der Waals surface area contributed by atoms with Gasteiger partial charge in [-0.05, 0) is 18.2 Å². The highest BCUT2D eigenvalue weighted by atomic mass is 32.2. The fourth-order valence-electron chi connectivity index (χ4n) is 3.02. The predicted octanol–water partition coefficient (Wildman–Crippen LogP) is 0.804. The molecule has 27 heavy (non-hydrogen) atoms. The monoisotopic (exact) mass is 398 g/mol. The largest absolute Gasteiger partial charge is 0.468 e. The normalized spacial score (nSPS) is 20.4. The molecule has 0 aliphatic carbocycles. The highest BCUT2D eigenvalue weighted by Gasteiger charge is 2.57. The van der Waals surface area contributed by atoms with Crippen molar-refractivity contribution in [3.63, 3.8) is 0 Å². The number of nitrogens with one attached hydrogen (secondary N) is 1. The minimum absolute atomic E-state index is 0.258. The quantitative estimate of drug-likeness (QED) is 0.747. The van der Waals surface area contributed by atoms with Gasteiger partial charge in [0.25, 0.3) is 11.7 Å². The van der Waals surface area contributed by atoms with Gasteiger partial charge in [0, 0.05) is 16.7 Å². The number of methoxy groups -OCH3 is 1. The average Bonchev–Trinajstić information content (AvgIpc) is 2.78. The summed E-state index contributed by atoms with van der Waals surface area (Å²) >= 11 is 0. The minimum atomic E-state index is -3.51. The van der Waals surface area contributed by atoms with Crippen LogP contribution < -0.4 is 9.62 Å². The fourth-order valence-corrected chi connectivity index (χ4v) is 3.58. The van der Waals surface area contributed by atoms with Crippen LogP contribution in [-0.2, 0) is 39.6 Å². The Bertz CT molecular complexity index is 885. The molecule has 1 spiro atoms. The van der Waals surface area contributed by atoms with Crippen LogP contribution in [0.1, 0.15) is 19.4 Å². The van der Waals surface area contributed by atoms with Crippen molar-refractivity contribution in [3.8, 4) is 0 Å². The maximum atomic E-state index is 13.1. The number of ether oxygens (including phenoxy) is 3. The molecule has 2 aliphatic rings. The smallest absolute Gasteiger partial charge is 0.325 e. The van der Waals surface area contributed by atoms with E-state index in [0.29, 0.717) is 11.3 Å². The van der Waals surface area contributed by atoms with Crippen molar-refractivity contribution in [2.45, 2.75) is 19.6 Å². The molecule has 10 heteroatoms. The number of rotatable bonds is 4. The lowest BCUT2D eigenvalue weighted by Crippen LogP contribution is -2.52. The maximum Gasteiger partial charge on any atom is 0.325 e. The molecule has 1 fully saturated rings. The number of hydrogen-bond donors (Lipinski definition) is 1. The third-order valence-corrected chi connectivity index (χ3v) is 4.93. The topological polar surface area (TPSA) is 111 Å². The van der Waals surface area contributed by atoms with Crippen LogP contribution in [0.5, 0.6) is 0 Å². The van der Waals surface area contributed by atoms with Gasteiger partial charge >= 0.3 is 5.97 Å². The van der Waals surface area contributed by atoms with Crippen LogP contribution in [0.25, 0.3) is 0 Å². The molecule has 2 heterocycles. The number of benzene rings is 1. The summed E-state index contributed by atoms with van der Waals surface area (Å²) in [7, 11) is -2.28. The number of anilines is 2. The maximum absolute atomic E-state index is 13.1. The number of carbonyl (C=O) groups is 2. The summed E-state index contributed by atoms with van der Waals surface area (Å²) in [5.41, 5.74) is 0.731. The van der Waals surface area contributed by atoms with Gasteiger partial charge in [-0.15, -0.1) is 0 Å². The van der Waals surface area contributed by atoms with Gasteiger partial charge in [-0.3, -0.25) is 19.2 Å². The Labute approximate surface area is 157 Å². The molecule has 0 saturated carbocycles. The molecule has 0 bridgehead atoms. The molecule has 3 rings (SSSR count). The van der Waals surface area contributed by atoms with Crippen LogP contribution in [0.4, 0.5) is 11.4 Å². The zero-order chi connectivity index (χ0) is 20.0. The number of hydrogen-bond acceptors (Lipinski definition) is 7. The predicted molar refractivity (Wildman–Crippen MR) is 96.6 cm³/mol. The summed E-state index contributed by atoms with van der Waals surface area (Å²) in [6.45, 7) is 4.09. The van der Waals surface area contributed by atoms with Crippen LogP contribution in [0.3, 0.4) is 0 Å². The standard InChI is InChI=1S/C17H22N2O7S/c1-16(2)9-25-17(26-10-16)12-7-11(18-27(4,22)23)5-6-13(12)19(15(17)21)8-14(20)24-3/h5-7,18H,8-10H2,1-4H3. The Hall–Kier alpha value is -2.17. The highest BCUT2D eigenvalue weighted by molar-refractivity contribution is 7.92. The molecule has 0 atom stereocenters. The van der Waals surface area contributed by atoms with E-state index in [4.69, 9.17) is 9.47 Å². The number of sulfonamides is 1. The molecule has 148 valence electrons. The molecule has 2 aliphatic heterocycles. The van der Waals surface area contributed by atoms with Crippen molar-refractivity contribution < 1.29 is 32.2 Å². The number of fused-ring (bicyclic) bond motifs is 2. The van der Waals surface area contributed by atoms with Gasteiger partial charge in [-0.1, -0.05) is 13.8 Å². The second-order valence-corrected chi connectivity index (χ2v) is 9.18. The van der Waals surface area contributed by atoms with Crippen LogP contribution >= 0.6 is 0 Å². The van der Waals surface area contributed by atoms with E-state index in [9.17, 15) is 18.0 Å². The second kappa shape index (κ2) is 6.47. The SMILES string of the molecule is COC(=O)CN1C(=O)C2(OCC(C)(C)CO2)c2cc(NS(C)(=O)=O)ccc21. The molecule has 0 aromatic heterocycles. The number of esters is 1. The van der Waals surface area contributed by atoms with E-state index in [1.165, 1.54) is 24.1 Å². The molecule has 0 unspecified atom stereocenters. The van der Waals surface area contributed by atoms with Crippen LogP contribution in [0, 0.1) is 5.41 Å². The number of carbonyl (C=O) groups excluding carboxylic acids is 2. The van der Waals surface area contributed by atoms with Gasteiger partial charge in [0.2, 0.25) is 10.0 Å². The summed E-state index contributed by atoms with van der Waals surface area (Å²) in [4.78, 5) is 26.1. The molecule has 1 N–H and O–H groups in total. The Balaban J connectivity index is 2.07. The van der Waals surface area contributed by atoms with Crippen molar-refractivity contribution in [2.75, 3.05) is 42.7 Å². The van der Waals surface area contributed by atoms with Crippen molar-refractivity contribution in [1.29, 1.82) is 0 Å². The number of nitrogens with zero attached hydrogens (tertiary/aromatic N) is 1. The van der Waals surface area contributed by atoms with E-state index in [-0.39, 0.29) is 30.9 Å². The molecule has 1 aromatic rings. The Morgan fingerprint density at radius 2 is 1.93 bits per heavy atom. The van der Waals surface area contributed by atoms with Gasteiger partial charge in [0.1, 0.15) is 6.54 Å². The van der Waals surface area contributed by atoms with Gasteiger partial charge in [0.15, 0.2) is 0 Å². The Kier molecular flexibility index (Phi) is 4.69. The van der Waals surface area contributed by atoms with E-state index in [1.54, 1.807) is 6.07 Å². The van der Waals surface area contributed by atoms with E-state index in [0.717, 1.165) is 6.26 Å². The van der Waals surface area contributed by atoms with E-state index in [2.05, 4.69) is 9.46 Å². The van der Waals surface area contributed by atoms with Crippen LogP contribution in [0.2, 0.25) is 0 Å². The summed E-state index contributed by atoms with van der Waals surface area (Å²) in [5.74, 6) is -2.86. The Morgan fingerprint density at radius 3 is 2.48 bits per heavy atom. The lowest BCUT2D eigenvalue weighted by Gasteiger charge is -2.40. The van der Waals surface area contributed by atoms with Crippen molar-refractivity contribution in [3.05, 3.63) is 23.8 Å². The van der Waals surface area contributed by atoms with Crippen LogP contribution in [0.15, 0.2) is 18.2 Å². The highest BCUT2D eigenvalue weighted by Crippen LogP contribution is 2.48. The zero-order valence-corrected chi connectivity index (χ0v) is 16.4. The molecule has 0 radical (unpaired) electrons. The molecule has 9 nitrogen and oxygen atoms in total. The first-order chi connectivity index (χ1) is 12.5. The van der Waals surface area contributed by atoms with Gasteiger partial charge < -0.3 is 14.2 Å². The van der Waals surface area contributed by atoms with Gasteiger partial charge in [-0.2, -0.15) is 0 Å². The van der Waals surface area contributed by atoms with Crippen LogP contribution in [-0.4, -0.2) is 53.4 Å². The first-order valence-electron chi connectivity index (χ1n) is 8.26. The van der Waals surface area contributed by atoms with Crippen molar-refractivity contribution in [2.24, 2.45) is 5.41 Å². The lowest BCUT2D eigenvalue weighted by atomic mass is 9.93. The minimum Gasteiger partial charge on any atom is -0.468 e. The first-order valence-corrected chi connectivity index (χ1v) is 10.2. The van der Waals surface area contributed by atoms with Crippen molar-refractivity contribution in [1.82, 2.24) is 0 Å². The molecule has 1 saturated heterocycles. The van der Waals surface area contributed by atoms with Gasteiger partial charge in [0.05, 0.1) is 32.3 Å². The van der Waals surface area contributed by atoms with Crippen molar-refractivity contribution >= 4 is 33.3 Å². The second-order valence-electron chi connectivity index (χ2n) is 7.43. The summed E-state index contributed by atoms with van der Waals surface area (Å²) in [6.07, 6.45) is 1.03. The third kappa shape index (κ3) is 3.64. The average molecular weight is 398 g/mol. The van der Waals surface area contributed by atoms with E-state index < -0.39 is 27.7 Å². The summed E-state index contributed by atoms with van der Waals surface area (Å²) in [5, 5.41) is 0. The summed E-state index contributed by atoms with van der Waals surface area (Å²) < 4.78 is 41.9. The first kappa shape index (κ1) is 19.6. The molecule has 1 amide bonds. The lowest BCUT2D eigenvalue weighted by molar-refractivity contribution is -0.286. The van der Waals surface area contributed by atoms with Gasteiger partial charge in [-0.25, -0.2) is 8.42 Å². The zero-order valence-electron chi connectivity index (χ0n) is 15.6. The molecule has 1 aromatic carbocycles. The van der Waals surface area contributed by atoms with E-state index in [1.807, 2.05) is 13.8 Å². The number of amides is 1. The molecular weight excluding hydrogens is 376 g/mol. The summed E-state index contributed by atoms with van der Waals surface area (Å²) in [6, 6.07) is 4.54. The third-order valence-electron chi connectivity index (χ3n) is 4.32.